The lowest BCUT2D eigenvalue weighted by Gasteiger charge is -2.11. The van der Waals surface area contributed by atoms with Crippen LogP contribution in [0.4, 0.5) is 4.39 Å². The maximum atomic E-state index is 12.4. The summed E-state index contributed by atoms with van der Waals surface area (Å²) in [6, 6.07) is 0. The predicted molar refractivity (Wildman–Crippen MR) is 49.0 cm³/mol. The Kier molecular flexibility index (Phi) is 3.62. The molecule has 1 heterocycles. The molecule has 0 fully saturated rings. The largest absolute Gasteiger partial charge is 0.392 e. The van der Waals surface area contributed by atoms with E-state index in [0.29, 0.717) is 5.16 Å². The van der Waals surface area contributed by atoms with Crippen molar-refractivity contribution in [1.29, 1.82) is 0 Å². The summed E-state index contributed by atoms with van der Waals surface area (Å²) >= 11 is 1.32. The van der Waals surface area contributed by atoms with Gasteiger partial charge in [0.2, 0.25) is 0 Å². The van der Waals surface area contributed by atoms with Gasteiger partial charge in [0, 0.05) is 5.25 Å². The summed E-state index contributed by atoms with van der Waals surface area (Å²) in [7, 11) is 0. The molecule has 0 spiro atoms. The minimum atomic E-state index is -0.450. The van der Waals surface area contributed by atoms with E-state index in [1.54, 1.807) is 6.92 Å². The number of hydrogen-bond donors (Lipinski definition) is 1. The van der Waals surface area contributed by atoms with Crippen LogP contribution in [0.25, 0.3) is 0 Å². The van der Waals surface area contributed by atoms with Crippen molar-refractivity contribution < 1.29 is 9.50 Å². The van der Waals surface area contributed by atoms with Gasteiger partial charge < -0.3 is 5.11 Å². The number of hydrogen-bond acceptors (Lipinski definition) is 4. The van der Waals surface area contributed by atoms with Gasteiger partial charge in [-0.15, -0.1) is 0 Å². The number of rotatable bonds is 3. The van der Waals surface area contributed by atoms with Crippen LogP contribution in [-0.2, 0) is 0 Å². The first-order valence-corrected chi connectivity index (χ1v) is 4.80. The third-order valence-corrected chi connectivity index (χ3v) is 2.75. The third-order valence-electron chi connectivity index (χ3n) is 1.57. The summed E-state index contributed by atoms with van der Waals surface area (Å²) in [4.78, 5) is 7.53. The molecule has 2 unspecified atom stereocenters. The van der Waals surface area contributed by atoms with Gasteiger partial charge in [0.1, 0.15) is 0 Å². The Hall–Kier alpha value is -0.680. The van der Waals surface area contributed by atoms with Crippen LogP contribution in [-0.4, -0.2) is 26.4 Å². The zero-order valence-electron chi connectivity index (χ0n) is 7.44. The van der Waals surface area contributed by atoms with E-state index in [1.807, 2.05) is 6.92 Å². The van der Waals surface area contributed by atoms with Gasteiger partial charge in [0.15, 0.2) is 11.0 Å². The van der Waals surface area contributed by atoms with E-state index in [2.05, 4.69) is 9.97 Å². The fourth-order valence-electron chi connectivity index (χ4n) is 0.626. The van der Waals surface area contributed by atoms with E-state index >= 15 is 0 Å². The van der Waals surface area contributed by atoms with Gasteiger partial charge in [-0.25, -0.2) is 14.4 Å². The number of thioether (sulfide) groups is 1. The zero-order valence-corrected chi connectivity index (χ0v) is 8.25. The Morgan fingerprint density at radius 1 is 1.38 bits per heavy atom. The minimum Gasteiger partial charge on any atom is -0.392 e. The normalized spacial score (nSPS) is 15.4. The van der Waals surface area contributed by atoms with Crippen molar-refractivity contribution in [2.45, 2.75) is 30.4 Å². The predicted octanol–water partition coefficient (Wildman–Crippen LogP) is 1.48. The van der Waals surface area contributed by atoms with E-state index in [-0.39, 0.29) is 5.25 Å². The molecule has 0 aromatic carbocycles. The van der Waals surface area contributed by atoms with Crippen LogP contribution in [0.15, 0.2) is 17.6 Å². The van der Waals surface area contributed by atoms with Crippen LogP contribution in [0.2, 0.25) is 0 Å². The summed E-state index contributed by atoms with van der Waals surface area (Å²) in [5, 5.41) is 9.67. The highest BCUT2D eigenvalue weighted by Crippen LogP contribution is 2.20. The average Bonchev–Trinajstić information content (AvgIpc) is 2.08. The second-order valence-corrected chi connectivity index (χ2v) is 4.09. The summed E-state index contributed by atoms with van der Waals surface area (Å²) in [5.74, 6) is -0.450. The summed E-state index contributed by atoms with van der Waals surface area (Å²) in [6.07, 6.45) is 1.80. The lowest BCUT2D eigenvalue weighted by molar-refractivity contribution is 0.196. The van der Waals surface area contributed by atoms with E-state index in [9.17, 15) is 9.50 Å². The molecule has 0 saturated carbocycles. The number of nitrogens with zero attached hydrogens (tertiary/aromatic N) is 2. The van der Waals surface area contributed by atoms with E-state index in [0.717, 1.165) is 12.4 Å². The fourth-order valence-corrected chi connectivity index (χ4v) is 1.38. The number of aromatic nitrogens is 2. The first kappa shape index (κ1) is 10.4. The van der Waals surface area contributed by atoms with Gasteiger partial charge in [-0.1, -0.05) is 18.7 Å². The van der Waals surface area contributed by atoms with E-state index < -0.39 is 11.9 Å². The van der Waals surface area contributed by atoms with Crippen LogP contribution in [0, 0.1) is 5.82 Å². The summed E-state index contributed by atoms with van der Waals surface area (Å²) in [6.45, 7) is 3.56. The molecule has 1 aromatic rings. The van der Waals surface area contributed by atoms with Crippen LogP contribution in [0.3, 0.4) is 0 Å². The average molecular weight is 202 g/mol. The Morgan fingerprint density at radius 3 is 2.38 bits per heavy atom. The van der Waals surface area contributed by atoms with E-state index in [4.69, 9.17) is 0 Å². The molecule has 0 radical (unpaired) electrons. The summed E-state index contributed by atoms with van der Waals surface area (Å²) < 4.78 is 12.4. The molecule has 0 saturated heterocycles. The highest BCUT2D eigenvalue weighted by molar-refractivity contribution is 7.99. The fraction of sp³-hybridized carbons (Fsp3) is 0.500. The van der Waals surface area contributed by atoms with Crippen LogP contribution in [0.1, 0.15) is 13.8 Å². The van der Waals surface area contributed by atoms with Crippen molar-refractivity contribution in [3.63, 3.8) is 0 Å². The van der Waals surface area contributed by atoms with Crippen LogP contribution in [0.5, 0.6) is 0 Å². The van der Waals surface area contributed by atoms with Gasteiger partial charge >= 0.3 is 0 Å². The molecule has 0 aliphatic carbocycles. The Balaban J connectivity index is 2.59. The molecular weight excluding hydrogens is 191 g/mol. The Bertz CT molecular complexity index is 265. The molecule has 2 atom stereocenters. The van der Waals surface area contributed by atoms with Crippen molar-refractivity contribution in [1.82, 2.24) is 9.97 Å². The molecule has 0 amide bonds. The highest BCUT2D eigenvalue weighted by atomic mass is 32.2. The highest BCUT2D eigenvalue weighted by Gasteiger charge is 2.11. The quantitative estimate of drug-likeness (QED) is 0.595. The molecule has 72 valence electrons. The second kappa shape index (κ2) is 4.53. The van der Waals surface area contributed by atoms with Gasteiger partial charge in [-0.3, -0.25) is 0 Å². The molecule has 1 aromatic heterocycles. The van der Waals surface area contributed by atoms with E-state index in [1.165, 1.54) is 11.8 Å². The van der Waals surface area contributed by atoms with Crippen LogP contribution >= 0.6 is 11.8 Å². The smallest absolute Gasteiger partial charge is 0.188 e. The van der Waals surface area contributed by atoms with Gasteiger partial charge in [-0.2, -0.15) is 0 Å². The molecule has 0 aliphatic heterocycles. The second-order valence-electron chi connectivity index (χ2n) is 2.75. The van der Waals surface area contributed by atoms with Crippen molar-refractivity contribution in [3.8, 4) is 0 Å². The van der Waals surface area contributed by atoms with Crippen molar-refractivity contribution >= 4 is 11.8 Å². The molecule has 5 heteroatoms. The molecule has 0 aliphatic rings. The van der Waals surface area contributed by atoms with Gasteiger partial charge in [0.25, 0.3) is 0 Å². The van der Waals surface area contributed by atoms with Crippen molar-refractivity contribution in [2.24, 2.45) is 0 Å². The Morgan fingerprint density at radius 2 is 1.92 bits per heavy atom. The lowest BCUT2D eigenvalue weighted by atomic mass is 10.3. The number of aliphatic hydroxyl groups is 1. The maximum Gasteiger partial charge on any atom is 0.188 e. The standard InChI is InChI=1S/C8H11FN2OS/c1-5(12)6(2)13-8-10-3-7(9)4-11-8/h3-6,12H,1-2H3. The van der Waals surface area contributed by atoms with Gasteiger partial charge in [-0.05, 0) is 6.92 Å². The SMILES string of the molecule is CC(O)C(C)Sc1ncc(F)cn1. The molecule has 13 heavy (non-hydrogen) atoms. The number of halogens is 1. The third kappa shape index (κ3) is 3.28. The lowest BCUT2D eigenvalue weighted by Crippen LogP contribution is -2.15. The zero-order chi connectivity index (χ0) is 9.84. The van der Waals surface area contributed by atoms with Gasteiger partial charge in [0.05, 0.1) is 18.5 Å². The molecule has 3 nitrogen and oxygen atoms in total. The van der Waals surface area contributed by atoms with Crippen molar-refractivity contribution in [3.05, 3.63) is 18.2 Å². The van der Waals surface area contributed by atoms with Crippen molar-refractivity contribution in [2.75, 3.05) is 0 Å². The topological polar surface area (TPSA) is 46.0 Å². The monoisotopic (exact) mass is 202 g/mol. The first-order valence-electron chi connectivity index (χ1n) is 3.92. The maximum absolute atomic E-state index is 12.4. The minimum absolute atomic E-state index is 0.00506. The number of aliphatic hydroxyl groups excluding tert-OH is 1. The molecule has 0 bridgehead atoms. The molecule has 1 N–H and O–H groups in total. The first-order chi connectivity index (χ1) is 6.09. The molecular formula is C8H11FN2OS. The van der Waals surface area contributed by atoms with Crippen LogP contribution < -0.4 is 0 Å². The Labute approximate surface area is 80.4 Å². The molecule has 1 rings (SSSR count). The summed E-state index contributed by atoms with van der Waals surface area (Å²) in [5.41, 5.74) is 0.